The number of halogens is 2. The van der Waals surface area contributed by atoms with Crippen molar-refractivity contribution in [1.29, 1.82) is 0 Å². The number of carbonyl (C=O) groups excluding carboxylic acids is 4. The molecule has 3 aromatic rings. The van der Waals surface area contributed by atoms with Crippen LogP contribution in [0.2, 0.25) is 5.02 Å². The Morgan fingerprint density at radius 3 is 2.60 bits per heavy atom. The van der Waals surface area contributed by atoms with Crippen LogP contribution >= 0.6 is 11.6 Å². The summed E-state index contributed by atoms with van der Waals surface area (Å²) in [4.78, 5) is 50.1. The summed E-state index contributed by atoms with van der Waals surface area (Å²) in [7, 11) is 0. The number of benzene rings is 2. The molecule has 9 nitrogen and oxygen atoms in total. The molecule has 2 heterocycles. The van der Waals surface area contributed by atoms with E-state index in [2.05, 4.69) is 10.6 Å². The van der Waals surface area contributed by atoms with E-state index in [0.29, 0.717) is 17.0 Å². The molecule has 5 amide bonds. The number of carbonyl (C=O) groups is 4. The molecule has 0 atom stereocenters. The van der Waals surface area contributed by atoms with Crippen molar-refractivity contribution < 1.29 is 32.7 Å². The van der Waals surface area contributed by atoms with Gasteiger partial charge in [0.15, 0.2) is 6.61 Å². The summed E-state index contributed by atoms with van der Waals surface area (Å²) in [5.74, 6) is -1.98. The van der Waals surface area contributed by atoms with Crippen molar-refractivity contribution in [3.63, 3.8) is 0 Å². The molecule has 0 bridgehead atoms. The van der Waals surface area contributed by atoms with Crippen LogP contribution in [0.15, 0.2) is 70.9 Å². The number of nitrogens with one attached hydrogen (secondary N) is 2. The number of imide groups is 2. The summed E-state index contributed by atoms with van der Waals surface area (Å²) in [5, 5.41) is 4.80. The number of anilines is 1. The Morgan fingerprint density at radius 1 is 1.14 bits per heavy atom. The normalized spacial score (nSPS) is 14.7. The van der Waals surface area contributed by atoms with Crippen molar-refractivity contribution in [2.45, 2.75) is 6.54 Å². The van der Waals surface area contributed by atoms with E-state index in [1.165, 1.54) is 54.8 Å². The van der Waals surface area contributed by atoms with Gasteiger partial charge < -0.3 is 14.5 Å². The lowest BCUT2D eigenvalue weighted by Crippen LogP contribution is -2.53. The number of nitrogens with zero attached hydrogens (tertiary/aromatic N) is 1. The molecule has 1 aromatic heterocycles. The number of hydrogen-bond acceptors (Lipinski definition) is 6. The molecule has 2 N–H and O–H groups in total. The Hall–Kier alpha value is -4.44. The lowest BCUT2D eigenvalue weighted by molar-refractivity contribution is -0.130. The van der Waals surface area contributed by atoms with E-state index in [1.807, 2.05) is 0 Å². The summed E-state index contributed by atoms with van der Waals surface area (Å²) >= 11 is 6.24. The molecule has 35 heavy (non-hydrogen) atoms. The van der Waals surface area contributed by atoms with Crippen LogP contribution in [-0.4, -0.2) is 35.3 Å². The van der Waals surface area contributed by atoms with E-state index in [9.17, 15) is 23.6 Å². The Bertz CT molecular complexity index is 1320. The molecule has 2 aromatic carbocycles. The minimum absolute atomic E-state index is 0.126. The smallest absolute Gasteiger partial charge is 0.331 e. The van der Waals surface area contributed by atoms with Crippen LogP contribution in [0, 0.1) is 5.82 Å². The van der Waals surface area contributed by atoms with E-state index in [-0.39, 0.29) is 29.5 Å². The van der Waals surface area contributed by atoms with E-state index >= 15 is 0 Å². The Morgan fingerprint density at radius 2 is 1.91 bits per heavy atom. The fourth-order valence-electron chi connectivity index (χ4n) is 3.16. The molecule has 1 aliphatic heterocycles. The van der Waals surface area contributed by atoms with Gasteiger partial charge in [0, 0.05) is 5.69 Å². The predicted molar refractivity (Wildman–Crippen MR) is 123 cm³/mol. The SMILES string of the molecule is O=C(COc1ccc(C=C2C(=O)NC(=O)N(Cc3ccco3)C2=O)cc1Cl)Nc1ccc(F)cc1. The average molecular weight is 498 g/mol. The Labute approximate surface area is 203 Å². The quantitative estimate of drug-likeness (QED) is 0.379. The van der Waals surface area contributed by atoms with Crippen LogP contribution in [0.1, 0.15) is 11.3 Å². The topological polar surface area (TPSA) is 118 Å². The van der Waals surface area contributed by atoms with Crippen LogP contribution in [0.4, 0.5) is 14.9 Å². The minimum Gasteiger partial charge on any atom is -0.482 e. The fraction of sp³-hybridized carbons (Fsp3) is 0.0833. The molecule has 1 fully saturated rings. The third kappa shape index (κ3) is 5.74. The molecule has 1 saturated heterocycles. The first-order valence-electron chi connectivity index (χ1n) is 10.2. The Balaban J connectivity index is 1.43. The zero-order valence-electron chi connectivity index (χ0n) is 17.9. The number of amides is 5. The van der Waals surface area contributed by atoms with Crippen molar-refractivity contribution in [3.05, 3.63) is 88.6 Å². The van der Waals surface area contributed by atoms with Gasteiger partial charge in [0.05, 0.1) is 17.8 Å². The van der Waals surface area contributed by atoms with Gasteiger partial charge >= 0.3 is 6.03 Å². The van der Waals surface area contributed by atoms with Crippen LogP contribution in [0.25, 0.3) is 6.08 Å². The summed E-state index contributed by atoms with van der Waals surface area (Å²) in [6.07, 6.45) is 2.69. The highest BCUT2D eigenvalue weighted by Crippen LogP contribution is 2.27. The maximum Gasteiger partial charge on any atom is 0.331 e. The monoisotopic (exact) mass is 497 g/mol. The Kier molecular flexibility index (Phi) is 6.93. The van der Waals surface area contributed by atoms with Crippen LogP contribution in [-0.2, 0) is 20.9 Å². The first-order valence-corrected chi connectivity index (χ1v) is 10.6. The van der Waals surface area contributed by atoms with Gasteiger partial charge in [-0.1, -0.05) is 17.7 Å². The van der Waals surface area contributed by atoms with Crippen molar-refractivity contribution in [2.75, 3.05) is 11.9 Å². The first kappa shape index (κ1) is 23.7. The maximum atomic E-state index is 13.0. The van der Waals surface area contributed by atoms with Gasteiger partial charge in [-0.3, -0.25) is 24.6 Å². The van der Waals surface area contributed by atoms with E-state index in [4.69, 9.17) is 20.8 Å². The summed E-state index contributed by atoms with van der Waals surface area (Å²) in [5.41, 5.74) is 0.534. The number of furan rings is 1. The lowest BCUT2D eigenvalue weighted by Gasteiger charge is -2.25. The number of ether oxygens (including phenoxy) is 1. The van der Waals surface area contributed by atoms with Gasteiger partial charge in [-0.25, -0.2) is 9.18 Å². The minimum atomic E-state index is -0.853. The summed E-state index contributed by atoms with van der Waals surface area (Å²) in [6.45, 7) is -0.502. The first-order chi connectivity index (χ1) is 16.8. The molecule has 4 rings (SSSR count). The molecule has 0 aliphatic carbocycles. The van der Waals surface area contributed by atoms with Crippen LogP contribution < -0.4 is 15.4 Å². The van der Waals surface area contributed by atoms with E-state index in [1.54, 1.807) is 12.1 Å². The molecule has 0 radical (unpaired) electrons. The van der Waals surface area contributed by atoms with Crippen molar-refractivity contribution in [1.82, 2.24) is 10.2 Å². The fourth-order valence-corrected chi connectivity index (χ4v) is 3.40. The second-order valence-electron chi connectivity index (χ2n) is 7.32. The number of hydrogen-bond donors (Lipinski definition) is 2. The van der Waals surface area contributed by atoms with E-state index in [0.717, 1.165) is 4.90 Å². The van der Waals surface area contributed by atoms with Crippen molar-refractivity contribution in [3.8, 4) is 5.75 Å². The number of rotatable bonds is 7. The largest absolute Gasteiger partial charge is 0.482 e. The van der Waals surface area contributed by atoms with Gasteiger partial charge in [0.2, 0.25) is 0 Å². The predicted octanol–water partition coefficient (Wildman–Crippen LogP) is 3.75. The van der Waals surface area contributed by atoms with Crippen LogP contribution in [0.3, 0.4) is 0 Å². The van der Waals surface area contributed by atoms with Crippen molar-refractivity contribution in [2.24, 2.45) is 0 Å². The van der Waals surface area contributed by atoms with Gasteiger partial charge in [-0.15, -0.1) is 0 Å². The molecular formula is C24H17ClFN3O6. The molecule has 0 spiro atoms. The van der Waals surface area contributed by atoms with Gasteiger partial charge in [0.25, 0.3) is 17.7 Å². The van der Waals surface area contributed by atoms with Gasteiger partial charge in [-0.2, -0.15) is 0 Å². The summed E-state index contributed by atoms with van der Waals surface area (Å²) in [6, 6.07) is 12.0. The highest BCUT2D eigenvalue weighted by molar-refractivity contribution is 6.33. The second kappa shape index (κ2) is 10.2. The van der Waals surface area contributed by atoms with Gasteiger partial charge in [0.1, 0.15) is 22.9 Å². The second-order valence-corrected chi connectivity index (χ2v) is 7.73. The third-order valence-corrected chi connectivity index (χ3v) is 5.13. The molecule has 0 saturated carbocycles. The molecule has 11 heteroatoms. The van der Waals surface area contributed by atoms with Crippen molar-refractivity contribution >= 4 is 47.1 Å². The molecular weight excluding hydrogens is 481 g/mol. The highest BCUT2D eigenvalue weighted by atomic mass is 35.5. The molecule has 178 valence electrons. The maximum absolute atomic E-state index is 13.0. The van der Waals surface area contributed by atoms with Gasteiger partial charge in [-0.05, 0) is 60.2 Å². The highest BCUT2D eigenvalue weighted by Gasteiger charge is 2.36. The molecule has 1 aliphatic rings. The zero-order valence-corrected chi connectivity index (χ0v) is 18.7. The number of barbiturate groups is 1. The van der Waals surface area contributed by atoms with E-state index < -0.39 is 29.6 Å². The summed E-state index contributed by atoms with van der Waals surface area (Å²) < 4.78 is 23.5. The average Bonchev–Trinajstić information content (AvgIpc) is 3.34. The number of urea groups is 1. The standard InChI is InChI=1S/C24H17ClFN3O6/c25-19-11-14(3-8-20(19)35-13-21(30)27-16-6-4-15(26)5-7-16)10-18-22(31)28-24(33)29(23(18)32)12-17-2-1-9-34-17/h1-11H,12-13H2,(H,27,30)(H,28,31,33). The molecule has 0 unspecified atom stereocenters. The zero-order chi connectivity index (χ0) is 24.9. The third-order valence-electron chi connectivity index (χ3n) is 4.83. The lowest BCUT2D eigenvalue weighted by atomic mass is 10.1. The van der Waals surface area contributed by atoms with Crippen LogP contribution in [0.5, 0.6) is 5.75 Å².